The highest BCUT2D eigenvalue weighted by atomic mass is 19.1. The zero-order valence-corrected chi connectivity index (χ0v) is 12.3. The number of hydrogen-bond donors (Lipinski definition) is 2. The van der Waals surface area contributed by atoms with Crippen LogP contribution in [-0.2, 0) is 14.4 Å². The summed E-state index contributed by atoms with van der Waals surface area (Å²) in [6.07, 6.45) is 0.00853. The fourth-order valence-corrected chi connectivity index (χ4v) is 2.32. The second kappa shape index (κ2) is 6.13. The van der Waals surface area contributed by atoms with Gasteiger partial charge in [-0.2, -0.15) is 0 Å². The van der Waals surface area contributed by atoms with Gasteiger partial charge in [-0.15, -0.1) is 0 Å². The topological polar surface area (TPSA) is 86.7 Å². The standard InChI is InChI=1S/C15H17FN2O4/c1-8-5-11(3-4-12(8)16)18-7-10(6-13(18)19)14(20)17-9(2)15(21)22/h3-5,9-10H,6-7H2,1-2H3,(H,17,20)(H,21,22)/t9-,10?/m0/s1. The highest BCUT2D eigenvalue weighted by Gasteiger charge is 2.36. The lowest BCUT2D eigenvalue weighted by atomic mass is 10.1. The molecular formula is C15H17FN2O4. The van der Waals surface area contributed by atoms with Crippen molar-refractivity contribution >= 4 is 23.5 Å². The summed E-state index contributed by atoms with van der Waals surface area (Å²) >= 11 is 0. The Balaban J connectivity index is 2.08. The van der Waals surface area contributed by atoms with E-state index in [1.165, 1.54) is 24.0 Å². The van der Waals surface area contributed by atoms with Crippen molar-refractivity contribution in [1.29, 1.82) is 0 Å². The van der Waals surface area contributed by atoms with Crippen LogP contribution in [0.1, 0.15) is 18.9 Å². The van der Waals surface area contributed by atoms with Crippen LogP contribution in [0, 0.1) is 18.7 Å². The molecule has 7 heteroatoms. The van der Waals surface area contributed by atoms with E-state index in [2.05, 4.69) is 5.32 Å². The minimum absolute atomic E-state index is 0.00853. The first-order chi connectivity index (χ1) is 10.3. The smallest absolute Gasteiger partial charge is 0.325 e. The Morgan fingerprint density at radius 2 is 2.14 bits per heavy atom. The van der Waals surface area contributed by atoms with Crippen LogP contribution in [0.2, 0.25) is 0 Å². The van der Waals surface area contributed by atoms with Gasteiger partial charge in [-0.3, -0.25) is 14.4 Å². The summed E-state index contributed by atoms with van der Waals surface area (Å²) in [6, 6.07) is 3.30. The molecule has 0 aromatic heterocycles. The molecule has 1 heterocycles. The van der Waals surface area contributed by atoms with Gasteiger partial charge >= 0.3 is 5.97 Å². The van der Waals surface area contributed by atoms with Crippen LogP contribution in [0.25, 0.3) is 0 Å². The number of carbonyl (C=O) groups is 3. The predicted octanol–water partition coefficient (Wildman–Crippen LogP) is 1.08. The molecule has 2 rings (SSSR count). The number of carboxylic acids is 1. The molecule has 118 valence electrons. The van der Waals surface area contributed by atoms with Crippen molar-refractivity contribution in [3.8, 4) is 0 Å². The number of carboxylic acid groups (broad SMARTS) is 1. The third kappa shape index (κ3) is 3.24. The second-order valence-corrected chi connectivity index (χ2v) is 5.41. The molecule has 0 spiro atoms. The molecule has 6 nitrogen and oxygen atoms in total. The number of aliphatic carboxylic acids is 1. The Bertz CT molecular complexity index is 632. The lowest BCUT2D eigenvalue weighted by Crippen LogP contribution is -2.42. The summed E-state index contributed by atoms with van der Waals surface area (Å²) < 4.78 is 13.3. The molecule has 1 aromatic carbocycles. The maximum Gasteiger partial charge on any atom is 0.325 e. The molecule has 1 saturated heterocycles. The van der Waals surface area contributed by atoms with Gasteiger partial charge in [0.15, 0.2) is 0 Å². The number of benzene rings is 1. The summed E-state index contributed by atoms with van der Waals surface area (Å²) in [4.78, 5) is 36.2. The third-order valence-electron chi connectivity index (χ3n) is 3.68. The maximum atomic E-state index is 13.3. The lowest BCUT2D eigenvalue weighted by molar-refractivity contribution is -0.141. The summed E-state index contributed by atoms with van der Waals surface area (Å²) in [5.74, 6) is -2.82. The SMILES string of the molecule is Cc1cc(N2CC(C(=O)N[C@@H](C)C(=O)O)CC2=O)ccc1F. The minimum Gasteiger partial charge on any atom is -0.480 e. The normalized spacial score (nSPS) is 19.1. The zero-order valence-electron chi connectivity index (χ0n) is 12.3. The Morgan fingerprint density at radius 1 is 1.45 bits per heavy atom. The van der Waals surface area contributed by atoms with Crippen LogP contribution in [0.3, 0.4) is 0 Å². The van der Waals surface area contributed by atoms with Crippen molar-refractivity contribution in [2.45, 2.75) is 26.3 Å². The molecule has 1 aliphatic rings. The van der Waals surface area contributed by atoms with Crippen LogP contribution in [0.15, 0.2) is 18.2 Å². The summed E-state index contributed by atoms with van der Waals surface area (Å²) in [5.41, 5.74) is 0.947. The molecular weight excluding hydrogens is 291 g/mol. The van der Waals surface area contributed by atoms with E-state index in [9.17, 15) is 18.8 Å². The van der Waals surface area contributed by atoms with Gasteiger partial charge in [0, 0.05) is 18.7 Å². The largest absolute Gasteiger partial charge is 0.480 e. The van der Waals surface area contributed by atoms with Gasteiger partial charge in [-0.1, -0.05) is 0 Å². The molecule has 2 N–H and O–H groups in total. The first-order valence-corrected chi connectivity index (χ1v) is 6.89. The fourth-order valence-electron chi connectivity index (χ4n) is 2.32. The molecule has 0 bridgehead atoms. The fraction of sp³-hybridized carbons (Fsp3) is 0.400. The number of halogens is 1. The molecule has 0 radical (unpaired) electrons. The monoisotopic (exact) mass is 308 g/mol. The van der Waals surface area contributed by atoms with Gasteiger partial charge in [0.05, 0.1) is 5.92 Å². The van der Waals surface area contributed by atoms with E-state index < -0.39 is 23.8 Å². The molecule has 2 amide bonds. The number of anilines is 1. The summed E-state index contributed by atoms with van der Waals surface area (Å²) in [7, 11) is 0. The van der Waals surface area contributed by atoms with Crippen molar-refractivity contribution in [3.05, 3.63) is 29.6 Å². The van der Waals surface area contributed by atoms with E-state index in [-0.39, 0.29) is 24.7 Å². The lowest BCUT2D eigenvalue weighted by Gasteiger charge is -2.18. The van der Waals surface area contributed by atoms with Gasteiger partial charge in [0.25, 0.3) is 0 Å². The maximum absolute atomic E-state index is 13.3. The minimum atomic E-state index is -1.14. The molecule has 1 fully saturated rings. The Kier molecular flexibility index (Phi) is 4.44. The van der Waals surface area contributed by atoms with E-state index in [1.54, 1.807) is 13.0 Å². The summed E-state index contributed by atoms with van der Waals surface area (Å²) in [6.45, 7) is 3.11. The van der Waals surface area contributed by atoms with E-state index in [1.807, 2.05) is 0 Å². The van der Waals surface area contributed by atoms with Gasteiger partial charge in [-0.25, -0.2) is 4.39 Å². The highest BCUT2D eigenvalue weighted by Crippen LogP contribution is 2.26. The van der Waals surface area contributed by atoms with Crippen LogP contribution in [0.4, 0.5) is 10.1 Å². The van der Waals surface area contributed by atoms with Gasteiger partial charge in [0.2, 0.25) is 11.8 Å². The van der Waals surface area contributed by atoms with Crippen molar-refractivity contribution in [2.75, 3.05) is 11.4 Å². The molecule has 0 aliphatic carbocycles. The number of amides is 2. The second-order valence-electron chi connectivity index (χ2n) is 5.41. The Hall–Kier alpha value is -2.44. The number of hydrogen-bond acceptors (Lipinski definition) is 3. The third-order valence-corrected chi connectivity index (χ3v) is 3.68. The molecule has 0 saturated carbocycles. The zero-order chi connectivity index (χ0) is 16.4. The van der Waals surface area contributed by atoms with Crippen molar-refractivity contribution in [3.63, 3.8) is 0 Å². The number of nitrogens with one attached hydrogen (secondary N) is 1. The molecule has 2 atom stereocenters. The van der Waals surface area contributed by atoms with Crippen molar-refractivity contribution in [1.82, 2.24) is 5.32 Å². The van der Waals surface area contributed by atoms with E-state index >= 15 is 0 Å². The molecule has 1 aliphatic heterocycles. The van der Waals surface area contributed by atoms with Crippen molar-refractivity contribution < 1.29 is 23.9 Å². The van der Waals surface area contributed by atoms with E-state index in [0.29, 0.717) is 11.3 Å². The van der Waals surface area contributed by atoms with Crippen LogP contribution >= 0.6 is 0 Å². The number of aryl methyl sites for hydroxylation is 1. The summed E-state index contributed by atoms with van der Waals surface area (Å²) in [5, 5.41) is 11.1. The molecule has 1 aromatic rings. The van der Waals surface area contributed by atoms with E-state index in [4.69, 9.17) is 5.11 Å². The molecule has 1 unspecified atom stereocenters. The van der Waals surface area contributed by atoms with Crippen LogP contribution in [-0.4, -0.2) is 35.5 Å². The number of nitrogens with zero attached hydrogens (tertiary/aromatic N) is 1. The Labute approximate surface area is 126 Å². The van der Waals surface area contributed by atoms with E-state index in [0.717, 1.165) is 0 Å². The average molecular weight is 308 g/mol. The number of carbonyl (C=O) groups excluding carboxylic acids is 2. The van der Waals surface area contributed by atoms with Crippen LogP contribution in [0.5, 0.6) is 0 Å². The first-order valence-electron chi connectivity index (χ1n) is 6.89. The van der Waals surface area contributed by atoms with Crippen molar-refractivity contribution in [2.24, 2.45) is 5.92 Å². The average Bonchev–Trinajstić information content (AvgIpc) is 2.84. The van der Waals surface area contributed by atoms with Gasteiger partial charge < -0.3 is 15.3 Å². The predicted molar refractivity (Wildman–Crippen MR) is 76.8 cm³/mol. The van der Waals surface area contributed by atoms with Crippen LogP contribution < -0.4 is 10.2 Å². The first kappa shape index (κ1) is 15.9. The Morgan fingerprint density at radius 3 is 2.73 bits per heavy atom. The highest BCUT2D eigenvalue weighted by molar-refractivity contribution is 6.00. The van der Waals surface area contributed by atoms with Gasteiger partial charge in [0.1, 0.15) is 11.9 Å². The van der Waals surface area contributed by atoms with Gasteiger partial charge in [-0.05, 0) is 37.6 Å². The quantitative estimate of drug-likeness (QED) is 0.871. The molecule has 22 heavy (non-hydrogen) atoms. The number of rotatable bonds is 4.